The Hall–Kier alpha value is -3.58. The van der Waals surface area contributed by atoms with E-state index >= 15 is 0 Å². The van der Waals surface area contributed by atoms with Crippen LogP contribution in [0.4, 0.5) is 11.4 Å². The molecule has 140 valence electrons. The summed E-state index contributed by atoms with van der Waals surface area (Å²) in [5.41, 5.74) is 1.61. The molecule has 3 aromatic rings. The molecule has 3 rings (SSSR count). The maximum atomic E-state index is 12.4. The molecule has 0 aliphatic rings. The SMILES string of the molecule is CC(=O)Nc1cccc(C(=O)/C=C/c2ccc(-c3ccccc3[N+](=O)[O-])s2)c1. The van der Waals surface area contributed by atoms with Crippen LogP contribution in [0, 0.1) is 10.1 Å². The minimum absolute atomic E-state index is 0.0470. The minimum atomic E-state index is -0.407. The summed E-state index contributed by atoms with van der Waals surface area (Å²) in [7, 11) is 0. The van der Waals surface area contributed by atoms with Crippen LogP contribution >= 0.6 is 11.3 Å². The van der Waals surface area contributed by atoms with E-state index in [0.29, 0.717) is 16.8 Å². The third-order valence-electron chi connectivity index (χ3n) is 3.86. The number of nitrogens with one attached hydrogen (secondary N) is 1. The van der Waals surface area contributed by atoms with Gasteiger partial charge < -0.3 is 5.32 Å². The fourth-order valence-corrected chi connectivity index (χ4v) is 3.58. The fourth-order valence-electron chi connectivity index (χ4n) is 2.64. The van der Waals surface area contributed by atoms with Crippen molar-refractivity contribution in [2.45, 2.75) is 6.92 Å². The largest absolute Gasteiger partial charge is 0.326 e. The Morgan fingerprint density at radius 1 is 1.07 bits per heavy atom. The Morgan fingerprint density at radius 2 is 1.86 bits per heavy atom. The molecular formula is C21H16N2O4S. The van der Waals surface area contributed by atoms with Gasteiger partial charge in [-0.1, -0.05) is 24.3 Å². The Kier molecular flexibility index (Phi) is 5.76. The number of benzene rings is 2. The van der Waals surface area contributed by atoms with Crippen LogP contribution < -0.4 is 5.32 Å². The van der Waals surface area contributed by atoms with Crippen molar-refractivity contribution in [3.05, 3.63) is 87.3 Å². The van der Waals surface area contributed by atoms with Crippen molar-refractivity contribution in [3.8, 4) is 10.4 Å². The predicted octanol–water partition coefficient (Wildman–Crippen LogP) is 5.18. The van der Waals surface area contributed by atoms with Crippen molar-refractivity contribution in [1.29, 1.82) is 0 Å². The number of anilines is 1. The number of carbonyl (C=O) groups excluding carboxylic acids is 2. The Bertz CT molecular complexity index is 1090. The smallest absolute Gasteiger partial charge is 0.278 e. The van der Waals surface area contributed by atoms with Gasteiger partial charge in [0, 0.05) is 34.0 Å². The van der Waals surface area contributed by atoms with Gasteiger partial charge in [-0.15, -0.1) is 11.3 Å². The van der Waals surface area contributed by atoms with Crippen LogP contribution in [0.2, 0.25) is 0 Å². The molecule has 0 saturated carbocycles. The summed E-state index contributed by atoms with van der Waals surface area (Å²) in [6.45, 7) is 1.40. The van der Waals surface area contributed by atoms with Crippen LogP contribution in [0.1, 0.15) is 22.2 Å². The standard InChI is InChI=1S/C21H16N2O4S/c1-14(24)22-16-6-4-5-15(13-16)20(25)11-9-17-10-12-21(28-17)18-7-2-3-8-19(18)23(26)27/h2-13H,1H3,(H,22,24)/b11-9+. The number of nitrogens with zero attached hydrogens (tertiary/aromatic N) is 1. The number of amides is 1. The molecule has 0 unspecified atom stereocenters. The summed E-state index contributed by atoms with van der Waals surface area (Å²) in [6, 6.07) is 16.9. The number of ketones is 1. The number of nitro groups is 1. The van der Waals surface area contributed by atoms with E-state index < -0.39 is 4.92 Å². The first-order valence-electron chi connectivity index (χ1n) is 8.38. The van der Waals surface area contributed by atoms with Gasteiger partial charge in [-0.05, 0) is 42.5 Å². The van der Waals surface area contributed by atoms with Gasteiger partial charge in [0.05, 0.1) is 10.5 Å². The Balaban J connectivity index is 1.79. The van der Waals surface area contributed by atoms with E-state index in [1.807, 2.05) is 6.07 Å². The first kappa shape index (κ1) is 19.2. The van der Waals surface area contributed by atoms with E-state index in [1.165, 1.54) is 30.4 Å². The molecular weight excluding hydrogens is 376 g/mol. The summed E-state index contributed by atoms with van der Waals surface area (Å²) < 4.78 is 0. The fraction of sp³-hybridized carbons (Fsp3) is 0.0476. The molecule has 1 N–H and O–H groups in total. The maximum absolute atomic E-state index is 12.4. The van der Waals surface area contributed by atoms with Gasteiger partial charge in [0.25, 0.3) is 5.69 Å². The van der Waals surface area contributed by atoms with E-state index in [2.05, 4.69) is 5.32 Å². The molecule has 28 heavy (non-hydrogen) atoms. The topological polar surface area (TPSA) is 89.3 Å². The zero-order chi connectivity index (χ0) is 20.1. The molecule has 1 heterocycles. The number of allylic oxidation sites excluding steroid dienone is 1. The van der Waals surface area contributed by atoms with Crippen LogP contribution in [0.3, 0.4) is 0 Å². The molecule has 6 nitrogen and oxygen atoms in total. The van der Waals surface area contributed by atoms with E-state index in [-0.39, 0.29) is 17.4 Å². The maximum Gasteiger partial charge on any atom is 0.278 e. The highest BCUT2D eigenvalue weighted by Crippen LogP contribution is 2.35. The summed E-state index contributed by atoms with van der Waals surface area (Å²) in [4.78, 5) is 35.9. The summed E-state index contributed by atoms with van der Waals surface area (Å²) >= 11 is 1.37. The first-order chi connectivity index (χ1) is 13.4. The molecule has 0 spiro atoms. The molecule has 1 amide bonds. The second-order valence-electron chi connectivity index (χ2n) is 5.94. The number of carbonyl (C=O) groups is 2. The van der Waals surface area contributed by atoms with Crippen molar-refractivity contribution >= 4 is 40.5 Å². The van der Waals surface area contributed by atoms with Gasteiger partial charge in [0.1, 0.15) is 0 Å². The lowest BCUT2D eigenvalue weighted by Crippen LogP contribution is -2.06. The van der Waals surface area contributed by atoms with Gasteiger partial charge in [-0.3, -0.25) is 19.7 Å². The second-order valence-corrected chi connectivity index (χ2v) is 7.05. The highest BCUT2D eigenvalue weighted by molar-refractivity contribution is 7.16. The average Bonchev–Trinajstić information content (AvgIpc) is 3.14. The predicted molar refractivity (Wildman–Crippen MR) is 111 cm³/mol. The van der Waals surface area contributed by atoms with E-state index in [1.54, 1.807) is 54.6 Å². The number of hydrogen-bond acceptors (Lipinski definition) is 5. The summed E-state index contributed by atoms with van der Waals surface area (Å²) in [5, 5.41) is 13.8. The number of rotatable bonds is 6. The van der Waals surface area contributed by atoms with E-state index in [4.69, 9.17) is 0 Å². The molecule has 0 aliphatic heterocycles. The Morgan fingerprint density at radius 3 is 2.61 bits per heavy atom. The van der Waals surface area contributed by atoms with Crippen LogP contribution in [-0.2, 0) is 4.79 Å². The monoisotopic (exact) mass is 392 g/mol. The molecule has 0 bridgehead atoms. The van der Waals surface area contributed by atoms with E-state index in [0.717, 1.165) is 9.75 Å². The highest BCUT2D eigenvalue weighted by Gasteiger charge is 2.15. The lowest BCUT2D eigenvalue weighted by Gasteiger charge is -2.03. The van der Waals surface area contributed by atoms with Crippen LogP contribution in [-0.4, -0.2) is 16.6 Å². The van der Waals surface area contributed by atoms with Crippen molar-refractivity contribution in [2.24, 2.45) is 0 Å². The van der Waals surface area contributed by atoms with Crippen molar-refractivity contribution in [3.63, 3.8) is 0 Å². The third kappa shape index (κ3) is 4.57. The van der Waals surface area contributed by atoms with Gasteiger partial charge in [0.15, 0.2) is 5.78 Å². The second kappa shape index (κ2) is 8.41. The van der Waals surface area contributed by atoms with Gasteiger partial charge in [-0.25, -0.2) is 0 Å². The summed E-state index contributed by atoms with van der Waals surface area (Å²) in [6.07, 6.45) is 3.12. The molecule has 0 aliphatic carbocycles. The zero-order valence-electron chi connectivity index (χ0n) is 14.9. The van der Waals surface area contributed by atoms with Crippen molar-refractivity contribution in [1.82, 2.24) is 0 Å². The molecule has 0 atom stereocenters. The van der Waals surface area contributed by atoms with Crippen molar-refractivity contribution < 1.29 is 14.5 Å². The van der Waals surface area contributed by atoms with Crippen molar-refractivity contribution in [2.75, 3.05) is 5.32 Å². The molecule has 7 heteroatoms. The van der Waals surface area contributed by atoms with Crippen LogP contribution in [0.15, 0.2) is 66.7 Å². The molecule has 0 saturated heterocycles. The van der Waals surface area contributed by atoms with E-state index in [9.17, 15) is 19.7 Å². The van der Waals surface area contributed by atoms with Gasteiger partial charge in [0.2, 0.25) is 5.91 Å². The van der Waals surface area contributed by atoms with Crippen LogP contribution in [0.5, 0.6) is 0 Å². The molecule has 0 fully saturated rings. The molecule has 2 aromatic carbocycles. The van der Waals surface area contributed by atoms with Crippen LogP contribution in [0.25, 0.3) is 16.5 Å². The minimum Gasteiger partial charge on any atom is -0.326 e. The lowest BCUT2D eigenvalue weighted by molar-refractivity contribution is -0.384. The molecule has 1 aromatic heterocycles. The quantitative estimate of drug-likeness (QED) is 0.271. The lowest BCUT2D eigenvalue weighted by atomic mass is 10.1. The summed E-state index contributed by atoms with van der Waals surface area (Å²) in [5.74, 6) is -0.408. The van der Waals surface area contributed by atoms with Gasteiger partial charge in [-0.2, -0.15) is 0 Å². The number of thiophene rings is 1. The normalized spacial score (nSPS) is 10.8. The number of nitro benzene ring substituents is 1. The average molecular weight is 392 g/mol. The number of para-hydroxylation sites is 1. The zero-order valence-corrected chi connectivity index (χ0v) is 15.7. The number of hydrogen-bond donors (Lipinski definition) is 1. The molecule has 0 radical (unpaired) electrons. The Labute approximate surface area is 165 Å². The highest BCUT2D eigenvalue weighted by atomic mass is 32.1. The third-order valence-corrected chi connectivity index (χ3v) is 4.94. The van der Waals surface area contributed by atoms with Gasteiger partial charge >= 0.3 is 0 Å². The first-order valence-corrected chi connectivity index (χ1v) is 9.19.